The van der Waals surface area contributed by atoms with Crippen molar-refractivity contribution in [2.75, 3.05) is 13.7 Å². The first-order valence-corrected chi connectivity index (χ1v) is 21.0. The monoisotopic (exact) mass is 817 g/mol. The van der Waals surface area contributed by atoms with E-state index in [2.05, 4.69) is 15.0 Å². The van der Waals surface area contributed by atoms with Crippen molar-refractivity contribution in [3.63, 3.8) is 0 Å². The summed E-state index contributed by atoms with van der Waals surface area (Å²) in [5, 5.41) is 14.7. The molecule has 6 rings (SSSR count). The molecular weight excluding hydrogens is 765 g/mol. The lowest BCUT2D eigenvalue weighted by Crippen LogP contribution is -2.65. The van der Waals surface area contributed by atoms with E-state index in [4.69, 9.17) is 9.47 Å². The highest BCUT2D eigenvalue weighted by Gasteiger charge is 2.63. The number of pyridine rings is 1. The van der Waals surface area contributed by atoms with Crippen molar-refractivity contribution in [1.82, 2.24) is 24.8 Å². The van der Waals surface area contributed by atoms with Crippen LogP contribution in [0.5, 0.6) is 11.6 Å². The topological polar surface area (TPSA) is 185 Å². The number of aromatic nitrogens is 1. The normalized spacial score (nSPS) is 29.0. The summed E-state index contributed by atoms with van der Waals surface area (Å²) in [6, 6.07) is 4.04. The van der Waals surface area contributed by atoms with Crippen molar-refractivity contribution >= 4 is 44.6 Å². The van der Waals surface area contributed by atoms with Gasteiger partial charge in [-0.1, -0.05) is 32.4 Å². The fraction of sp³-hybridized carbons (Fsp3) is 0.625. The van der Waals surface area contributed by atoms with Crippen molar-refractivity contribution in [2.24, 2.45) is 17.8 Å². The SMILES string of the molecule is CC[C@@H]1C[C@H](C)CCC=C[C@@H]2C[C@@]2(C(=O)NS(=O)(=O)C2(C)CC2)NC(=O)[C@@H]2C[C@@H](Oc3nccc4cc(OC)ccc34)CN2C(=O)[C@H]1N(C(=O)O)C(C)(C)C(F)F. The lowest BCUT2D eigenvalue weighted by molar-refractivity contribution is -0.149. The van der Waals surface area contributed by atoms with Crippen LogP contribution in [0.2, 0.25) is 0 Å². The third kappa shape index (κ3) is 8.13. The maximum Gasteiger partial charge on any atom is 0.408 e. The first kappa shape index (κ1) is 42.1. The number of hydrogen-bond acceptors (Lipinski definition) is 9. The van der Waals surface area contributed by atoms with E-state index in [-0.39, 0.29) is 37.6 Å². The molecule has 2 aromatic rings. The number of sulfonamides is 1. The van der Waals surface area contributed by atoms with E-state index in [1.807, 2.05) is 13.0 Å². The van der Waals surface area contributed by atoms with Gasteiger partial charge in [0.1, 0.15) is 35.0 Å². The highest BCUT2D eigenvalue weighted by Crippen LogP contribution is 2.48. The van der Waals surface area contributed by atoms with Crippen LogP contribution in [0.4, 0.5) is 13.6 Å². The smallest absolute Gasteiger partial charge is 0.408 e. The molecule has 312 valence electrons. The van der Waals surface area contributed by atoms with Crippen molar-refractivity contribution < 1.29 is 51.0 Å². The van der Waals surface area contributed by atoms with Crippen molar-refractivity contribution in [1.29, 1.82) is 0 Å². The lowest BCUT2D eigenvalue weighted by Gasteiger charge is -2.45. The Balaban J connectivity index is 1.42. The first-order valence-electron chi connectivity index (χ1n) is 19.5. The predicted octanol–water partition coefficient (Wildman–Crippen LogP) is 5.26. The third-order valence-corrected chi connectivity index (χ3v) is 14.6. The fourth-order valence-corrected chi connectivity index (χ4v) is 9.58. The number of carboxylic acid groups (broad SMARTS) is 1. The van der Waals surface area contributed by atoms with Crippen LogP contribution in [0, 0.1) is 17.8 Å². The summed E-state index contributed by atoms with van der Waals surface area (Å²) in [6.07, 6.45) is 1.87. The second kappa shape index (κ2) is 15.7. The summed E-state index contributed by atoms with van der Waals surface area (Å²) in [6.45, 7) is 7.16. The average Bonchev–Trinajstić information content (AvgIpc) is 4.03. The van der Waals surface area contributed by atoms with Gasteiger partial charge in [0.15, 0.2) is 0 Å². The van der Waals surface area contributed by atoms with Crippen LogP contribution >= 0.6 is 0 Å². The van der Waals surface area contributed by atoms with Crippen LogP contribution in [0.25, 0.3) is 10.8 Å². The van der Waals surface area contributed by atoms with Gasteiger partial charge in [-0.15, -0.1) is 0 Å². The zero-order valence-corrected chi connectivity index (χ0v) is 34.0. The van der Waals surface area contributed by atoms with Crippen LogP contribution in [0.15, 0.2) is 42.6 Å². The lowest BCUT2D eigenvalue weighted by atomic mass is 9.82. The quantitative estimate of drug-likeness (QED) is 0.268. The second-order valence-corrected chi connectivity index (χ2v) is 19.1. The first-order chi connectivity index (χ1) is 26.8. The number of amides is 4. The van der Waals surface area contributed by atoms with Crippen molar-refractivity contribution in [3.8, 4) is 11.6 Å². The highest BCUT2D eigenvalue weighted by atomic mass is 32.2. The largest absolute Gasteiger partial charge is 0.497 e. The van der Waals surface area contributed by atoms with Crippen LogP contribution in [0.1, 0.15) is 86.0 Å². The van der Waals surface area contributed by atoms with Crippen molar-refractivity contribution in [2.45, 2.75) is 126 Å². The molecular formula is C40H53F2N5O9S. The van der Waals surface area contributed by atoms with E-state index in [1.165, 1.54) is 18.2 Å². The van der Waals surface area contributed by atoms with Crippen LogP contribution < -0.4 is 19.5 Å². The number of alkyl halides is 2. The molecule has 0 spiro atoms. The minimum absolute atomic E-state index is 0.0803. The molecule has 2 saturated carbocycles. The number of rotatable bonds is 10. The van der Waals surface area contributed by atoms with E-state index in [9.17, 15) is 36.7 Å². The van der Waals surface area contributed by atoms with E-state index >= 15 is 4.79 Å². The number of fused-ring (bicyclic) bond motifs is 3. The molecule has 4 amide bonds. The number of nitrogens with zero attached hydrogens (tertiary/aromatic N) is 3. The van der Waals surface area contributed by atoms with Crippen molar-refractivity contribution in [3.05, 3.63) is 42.6 Å². The Morgan fingerprint density at radius 2 is 1.91 bits per heavy atom. The Kier molecular flexibility index (Phi) is 11.6. The number of benzene rings is 1. The van der Waals surface area contributed by atoms with Crippen LogP contribution in [-0.2, 0) is 24.4 Å². The molecule has 3 heterocycles. The summed E-state index contributed by atoms with van der Waals surface area (Å²) >= 11 is 0. The minimum atomic E-state index is -4.08. The summed E-state index contributed by atoms with van der Waals surface area (Å²) < 4.78 is 68.8. The van der Waals surface area contributed by atoms with Gasteiger partial charge in [0.05, 0.1) is 18.4 Å². The zero-order valence-electron chi connectivity index (χ0n) is 33.2. The Morgan fingerprint density at radius 1 is 1.19 bits per heavy atom. The van der Waals surface area contributed by atoms with Gasteiger partial charge in [-0.3, -0.25) is 24.0 Å². The van der Waals surface area contributed by atoms with Gasteiger partial charge < -0.3 is 24.8 Å². The molecule has 7 atom stereocenters. The second-order valence-electron chi connectivity index (χ2n) is 16.9. The molecule has 3 fully saturated rings. The minimum Gasteiger partial charge on any atom is -0.497 e. The van der Waals surface area contributed by atoms with Gasteiger partial charge in [0.25, 0.3) is 12.3 Å². The predicted molar refractivity (Wildman–Crippen MR) is 206 cm³/mol. The summed E-state index contributed by atoms with van der Waals surface area (Å²) in [5.74, 6) is -3.10. The molecule has 2 aliphatic heterocycles. The van der Waals surface area contributed by atoms with Gasteiger partial charge in [-0.25, -0.2) is 27.0 Å². The highest BCUT2D eigenvalue weighted by molar-refractivity contribution is 7.91. The third-order valence-electron chi connectivity index (χ3n) is 12.4. The average molecular weight is 818 g/mol. The maximum absolute atomic E-state index is 15.1. The van der Waals surface area contributed by atoms with Gasteiger partial charge >= 0.3 is 6.09 Å². The van der Waals surface area contributed by atoms with E-state index in [0.29, 0.717) is 48.1 Å². The molecule has 3 N–H and O–H groups in total. The number of carbonyl (C=O) groups is 4. The van der Waals surface area contributed by atoms with Crippen LogP contribution in [0.3, 0.4) is 0 Å². The molecule has 0 unspecified atom stereocenters. The summed E-state index contributed by atoms with van der Waals surface area (Å²) in [5.41, 5.74) is -3.96. The van der Waals surface area contributed by atoms with Gasteiger partial charge in [0, 0.05) is 23.9 Å². The Labute approximate surface area is 331 Å². The number of allylic oxidation sites excluding steroid dienone is 1. The number of hydrogen-bond donors (Lipinski definition) is 3. The Morgan fingerprint density at radius 3 is 2.54 bits per heavy atom. The molecule has 2 aliphatic carbocycles. The molecule has 14 nitrogen and oxygen atoms in total. The molecule has 57 heavy (non-hydrogen) atoms. The molecule has 1 aromatic carbocycles. The van der Waals surface area contributed by atoms with Gasteiger partial charge in [0.2, 0.25) is 27.7 Å². The van der Waals surface area contributed by atoms with Gasteiger partial charge in [-0.05, 0) is 101 Å². The number of nitrogens with one attached hydrogen (secondary N) is 2. The van der Waals surface area contributed by atoms with E-state index in [1.54, 1.807) is 44.2 Å². The molecule has 1 aromatic heterocycles. The maximum atomic E-state index is 15.1. The summed E-state index contributed by atoms with van der Waals surface area (Å²) in [7, 11) is -2.55. The Bertz CT molecular complexity index is 2040. The molecule has 4 aliphatic rings. The number of carbonyl (C=O) groups excluding carboxylic acids is 3. The Hall–Kier alpha value is -4.54. The fourth-order valence-electron chi connectivity index (χ4n) is 8.26. The number of ether oxygens (including phenoxy) is 2. The number of halogens is 2. The molecule has 17 heteroatoms. The standard InChI is InChI=1S/C40H53F2N5O9S/c1-7-24-18-23(2)10-8-9-11-26-21-40(26,36(50)45-57(53,54)39(5)15-16-39)44-32(48)30-20-28(56-33-29-13-12-27(55-6)19-25(29)14-17-43-33)22-46(30)34(49)31(24)47(37(51)52)38(3,4)35(41)42/h9,11-14,17,19,23-24,26,28,30-31,35H,7-8,10,15-16,18,20-22H2,1-6H3,(H,44,48)(H,45,50)(H,51,52)/t23-,24-,26-,28-,30+,31+,40-/m1/s1. The zero-order chi connectivity index (χ0) is 41.7. The molecule has 0 bridgehead atoms. The molecule has 0 radical (unpaired) electrons. The van der Waals surface area contributed by atoms with Gasteiger partial charge in [-0.2, -0.15) is 0 Å². The summed E-state index contributed by atoms with van der Waals surface area (Å²) in [4.78, 5) is 62.9. The number of methoxy groups -OCH3 is 1. The van der Waals surface area contributed by atoms with Crippen LogP contribution in [-0.4, -0.2) is 106 Å². The van der Waals surface area contributed by atoms with E-state index < -0.39 is 86.1 Å². The molecule has 1 saturated heterocycles. The van der Waals surface area contributed by atoms with E-state index in [0.717, 1.165) is 19.2 Å².